The molecule has 0 amide bonds. The molecule has 4 nitrogen and oxygen atoms in total. The van der Waals surface area contributed by atoms with Gasteiger partial charge in [-0.15, -0.1) is 0 Å². The van der Waals surface area contributed by atoms with Gasteiger partial charge >= 0.3 is 5.97 Å². The Kier molecular flexibility index (Phi) is 7.23. The van der Waals surface area contributed by atoms with Gasteiger partial charge in [0.1, 0.15) is 11.9 Å². The van der Waals surface area contributed by atoms with Gasteiger partial charge in [0, 0.05) is 13.3 Å². The maximum Gasteiger partial charge on any atom is 0.302 e. The summed E-state index contributed by atoms with van der Waals surface area (Å²) in [5.41, 5.74) is 2.05. The standard InChI is InChI=1S/C21H24O4/c1-16(22)25-21(14-10-18-7-11-19(23)12-8-18)15-20(24)13-9-17-5-3-2-4-6-17/h2-9,11-13,20-21,23-24H,10,14-15H2,1H3/t20-,21+/m0/s1. The van der Waals surface area contributed by atoms with Gasteiger partial charge in [-0.2, -0.15) is 0 Å². The van der Waals surface area contributed by atoms with E-state index in [1.807, 2.05) is 48.5 Å². The number of hydrogen-bond donors (Lipinski definition) is 2. The minimum Gasteiger partial charge on any atom is -0.508 e. The van der Waals surface area contributed by atoms with Gasteiger partial charge in [0.15, 0.2) is 0 Å². The fourth-order valence-electron chi connectivity index (χ4n) is 2.58. The molecule has 2 aromatic rings. The van der Waals surface area contributed by atoms with Crippen LogP contribution in [0.2, 0.25) is 0 Å². The highest BCUT2D eigenvalue weighted by atomic mass is 16.5. The molecule has 25 heavy (non-hydrogen) atoms. The Bertz CT molecular complexity index is 677. The summed E-state index contributed by atoms with van der Waals surface area (Å²) in [4.78, 5) is 11.3. The third kappa shape index (κ3) is 7.23. The van der Waals surface area contributed by atoms with E-state index in [9.17, 15) is 15.0 Å². The van der Waals surface area contributed by atoms with Crippen molar-refractivity contribution in [2.75, 3.05) is 0 Å². The second-order valence-corrected chi connectivity index (χ2v) is 6.01. The van der Waals surface area contributed by atoms with Crippen molar-refractivity contribution in [2.45, 2.75) is 38.4 Å². The minimum absolute atomic E-state index is 0.224. The van der Waals surface area contributed by atoms with Crippen LogP contribution in [-0.2, 0) is 16.0 Å². The van der Waals surface area contributed by atoms with E-state index < -0.39 is 6.10 Å². The summed E-state index contributed by atoms with van der Waals surface area (Å²) in [7, 11) is 0. The van der Waals surface area contributed by atoms with Crippen LogP contribution in [0, 0.1) is 0 Å². The number of ether oxygens (including phenoxy) is 1. The van der Waals surface area contributed by atoms with Gasteiger partial charge < -0.3 is 14.9 Å². The first-order valence-electron chi connectivity index (χ1n) is 8.39. The van der Waals surface area contributed by atoms with Crippen molar-refractivity contribution in [3.05, 3.63) is 71.8 Å². The number of esters is 1. The molecule has 0 saturated carbocycles. The number of aromatic hydroxyl groups is 1. The molecule has 0 saturated heterocycles. The Hall–Kier alpha value is -2.59. The van der Waals surface area contributed by atoms with E-state index in [0.717, 1.165) is 11.1 Å². The van der Waals surface area contributed by atoms with Gasteiger partial charge in [0.25, 0.3) is 0 Å². The van der Waals surface area contributed by atoms with Crippen molar-refractivity contribution in [3.63, 3.8) is 0 Å². The van der Waals surface area contributed by atoms with Crippen LogP contribution in [0.5, 0.6) is 5.75 Å². The molecule has 0 aliphatic rings. The zero-order valence-corrected chi connectivity index (χ0v) is 14.3. The summed E-state index contributed by atoms with van der Waals surface area (Å²) in [6.07, 6.45) is 4.18. The summed E-state index contributed by atoms with van der Waals surface area (Å²) in [5.74, 6) is -0.128. The van der Waals surface area contributed by atoms with Gasteiger partial charge in [0.05, 0.1) is 6.10 Å². The second kappa shape index (κ2) is 9.64. The van der Waals surface area contributed by atoms with Crippen molar-refractivity contribution < 1.29 is 19.7 Å². The number of aliphatic hydroxyl groups is 1. The number of aliphatic hydroxyl groups excluding tert-OH is 1. The van der Waals surface area contributed by atoms with E-state index in [1.165, 1.54) is 6.92 Å². The van der Waals surface area contributed by atoms with Crippen LogP contribution in [0.15, 0.2) is 60.7 Å². The average Bonchev–Trinajstić information content (AvgIpc) is 2.60. The maximum atomic E-state index is 11.3. The zero-order chi connectivity index (χ0) is 18.1. The smallest absolute Gasteiger partial charge is 0.302 e. The number of hydrogen-bond acceptors (Lipinski definition) is 4. The molecule has 0 aliphatic carbocycles. The Morgan fingerprint density at radius 2 is 1.80 bits per heavy atom. The molecule has 0 heterocycles. The fraction of sp³-hybridized carbons (Fsp3) is 0.286. The lowest BCUT2D eigenvalue weighted by Crippen LogP contribution is -2.22. The van der Waals surface area contributed by atoms with Gasteiger partial charge in [-0.05, 0) is 36.1 Å². The molecule has 2 aromatic carbocycles. The lowest BCUT2D eigenvalue weighted by atomic mass is 10.0. The molecular weight excluding hydrogens is 316 g/mol. The first kappa shape index (κ1) is 18.7. The first-order chi connectivity index (χ1) is 12.0. The van der Waals surface area contributed by atoms with E-state index >= 15 is 0 Å². The van der Waals surface area contributed by atoms with Gasteiger partial charge in [-0.3, -0.25) is 4.79 Å². The van der Waals surface area contributed by atoms with Gasteiger partial charge in [-0.25, -0.2) is 0 Å². The van der Waals surface area contributed by atoms with Crippen molar-refractivity contribution >= 4 is 12.0 Å². The van der Waals surface area contributed by atoms with E-state index in [1.54, 1.807) is 18.2 Å². The third-order valence-corrected chi connectivity index (χ3v) is 3.84. The summed E-state index contributed by atoms with van der Waals surface area (Å²) >= 11 is 0. The molecule has 0 unspecified atom stereocenters. The normalized spacial score (nSPS) is 13.5. The summed E-state index contributed by atoms with van der Waals surface area (Å²) in [5, 5.41) is 19.5. The molecule has 2 N–H and O–H groups in total. The molecule has 0 aliphatic heterocycles. The largest absolute Gasteiger partial charge is 0.508 e. The molecule has 132 valence electrons. The Labute approximate surface area is 148 Å². The number of benzene rings is 2. The van der Waals surface area contributed by atoms with E-state index in [2.05, 4.69) is 0 Å². The van der Waals surface area contributed by atoms with Crippen molar-refractivity contribution in [1.82, 2.24) is 0 Å². The lowest BCUT2D eigenvalue weighted by molar-refractivity contribution is -0.147. The molecule has 0 radical (unpaired) electrons. The molecular formula is C21H24O4. The van der Waals surface area contributed by atoms with Gasteiger partial charge in [-0.1, -0.05) is 54.6 Å². The predicted molar refractivity (Wildman–Crippen MR) is 98.1 cm³/mol. The third-order valence-electron chi connectivity index (χ3n) is 3.84. The van der Waals surface area contributed by atoms with Crippen LogP contribution in [0.25, 0.3) is 6.08 Å². The van der Waals surface area contributed by atoms with Crippen molar-refractivity contribution in [2.24, 2.45) is 0 Å². The van der Waals surface area contributed by atoms with E-state index in [0.29, 0.717) is 19.3 Å². The average molecular weight is 340 g/mol. The fourth-order valence-corrected chi connectivity index (χ4v) is 2.58. The van der Waals surface area contributed by atoms with Crippen LogP contribution >= 0.6 is 0 Å². The molecule has 2 atom stereocenters. The molecule has 4 heteroatoms. The predicted octanol–water partition coefficient (Wildman–Crippen LogP) is 3.72. The zero-order valence-electron chi connectivity index (χ0n) is 14.3. The highest BCUT2D eigenvalue weighted by molar-refractivity contribution is 5.66. The molecule has 0 aromatic heterocycles. The number of carbonyl (C=O) groups is 1. The van der Waals surface area contributed by atoms with Gasteiger partial charge in [0.2, 0.25) is 0 Å². The number of carbonyl (C=O) groups excluding carboxylic acids is 1. The number of phenols is 1. The first-order valence-corrected chi connectivity index (χ1v) is 8.39. The van der Waals surface area contributed by atoms with Crippen LogP contribution in [0.1, 0.15) is 30.9 Å². The highest BCUT2D eigenvalue weighted by Gasteiger charge is 2.16. The molecule has 2 rings (SSSR count). The van der Waals surface area contributed by atoms with Crippen LogP contribution < -0.4 is 0 Å². The number of aryl methyl sites for hydroxylation is 1. The highest BCUT2D eigenvalue weighted by Crippen LogP contribution is 2.16. The van der Waals surface area contributed by atoms with Crippen LogP contribution in [0.4, 0.5) is 0 Å². The summed E-state index contributed by atoms with van der Waals surface area (Å²) in [6, 6.07) is 16.7. The minimum atomic E-state index is -0.690. The molecule has 0 fully saturated rings. The Balaban J connectivity index is 1.90. The summed E-state index contributed by atoms with van der Waals surface area (Å²) < 4.78 is 5.34. The van der Waals surface area contributed by atoms with E-state index in [4.69, 9.17) is 4.74 Å². The van der Waals surface area contributed by atoms with Crippen LogP contribution in [0.3, 0.4) is 0 Å². The maximum absolute atomic E-state index is 11.3. The number of phenolic OH excluding ortho intramolecular Hbond substituents is 1. The molecule has 0 bridgehead atoms. The van der Waals surface area contributed by atoms with Crippen molar-refractivity contribution in [3.8, 4) is 5.75 Å². The molecule has 0 spiro atoms. The Morgan fingerprint density at radius 3 is 2.44 bits per heavy atom. The van der Waals surface area contributed by atoms with E-state index in [-0.39, 0.29) is 17.8 Å². The van der Waals surface area contributed by atoms with Crippen LogP contribution in [-0.4, -0.2) is 28.4 Å². The Morgan fingerprint density at radius 1 is 1.12 bits per heavy atom. The number of rotatable bonds is 8. The summed E-state index contributed by atoms with van der Waals surface area (Å²) in [6.45, 7) is 1.37. The monoisotopic (exact) mass is 340 g/mol. The topological polar surface area (TPSA) is 66.8 Å². The SMILES string of the molecule is CC(=O)O[C@H](CCc1ccc(O)cc1)C[C@@H](O)C=Cc1ccccc1. The second-order valence-electron chi connectivity index (χ2n) is 6.01. The quantitative estimate of drug-likeness (QED) is 0.719. The lowest BCUT2D eigenvalue weighted by Gasteiger charge is -2.19. The van der Waals surface area contributed by atoms with Crippen molar-refractivity contribution in [1.29, 1.82) is 0 Å².